The Morgan fingerprint density at radius 3 is 1.41 bits per heavy atom. The minimum atomic E-state index is -1.94. The van der Waals surface area contributed by atoms with E-state index in [2.05, 4.69) is 93.7 Å². The van der Waals surface area contributed by atoms with Crippen LogP contribution in [-0.4, -0.2) is 89.2 Å². The second kappa shape index (κ2) is 50.5. The second-order valence-corrected chi connectivity index (χ2v) is 19.6. The summed E-state index contributed by atoms with van der Waals surface area (Å²) in [6, 6.07) is 0. The molecule has 0 aromatic rings. The molecule has 3 N–H and O–H groups in total. The highest BCUT2D eigenvalue weighted by Crippen LogP contribution is 2.26. The second-order valence-electron chi connectivity index (χ2n) is 19.6. The van der Waals surface area contributed by atoms with Crippen molar-refractivity contribution in [2.45, 2.75) is 263 Å². The van der Waals surface area contributed by atoms with Crippen LogP contribution in [-0.2, 0) is 42.9 Å². The van der Waals surface area contributed by atoms with E-state index >= 15 is 0 Å². The SMILES string of the molecule is CC/C=C\C/C=C\C/C=C\C/C=C\C/C=C\CC(=O)OC1C(OCC(COC(=O)CCCCCCCCC/C=C\CCCCCCCC)OC(=O)CCCCCCC/C=C\C/C=C\CCC)OC(C(=O)O)C(O)C1O. The summed E-state index contributed by atoms with van der Waals surface area (Å²) in [4.78, 5) is 51.0. The monoisotopic (exact) mass is 1050 g/mol. The minimum Gasteiger partial charge on any atom is -0.479 e. The Bertz CT molecular complexity index is 1670. The highest BCUT2D eigenvalue weighted by Gasteiger charge is 2.50. The van der Waals surface area contributed by atoms with Crippen LogP contribution >= 0.6 is 0 Å². The lowest BCUT2D eigenvalue weighted by Gasteiger charge is -2.40. The first-order valence-electron chi connectivity index (χ1n) is 29.2. The standard InChI is InChI=1S/C63H102O12/c1-4-7-10-13-16-19-22-25-27-28-30-32-34-37-40-43-46-49-55(64)71-52-54(73-56(65)50-47-44-41-38-35-31-24-21-18-15-12-9-6-3)53-72-63-61(59(68)58(67)60(75-63)62(69)70)74-57(66)51-48-45-42-39-36-33-29-26-23-20-17-14-11-8-5-2/h8,11-12,15,17,20-21,24-27,29,36,39,45,48,54,58-61,63,67-68H,4-7,9-10,13-14,16,18-19,22-23,28,30-35,37-38,40-44,46-47,49-53H2,1-3H3,(H,69,70)/b11-8-,15-12-,20-17-,24-21-,27-25-,29-26-,39-36-,48-45-. The van der Waals surface area contributed by atoms with Gasteiger partial charge in [-0.15, -0.1) is 0 Å². The van der Waals surface area contributed by atoms with Crippen molar-refractivity contribution in [1.29, 1.82) is 0 Å². The summed E-state index contributed by atoms with van der Waals surface area (Å²) in [5.41, 5.74) is 0. The molecule has 6 unspecified atom stereocenters. The minimum absolute atomic E-state index is 0.131. The Kier molecular flexibility index (Phi) is 46.2. The molecule has 1 aliphatic heterocycles. The van der Waals surface area contributed by atoms with Crippen molar-refractivity contribution in [2.75, 3.05) is 13.2 Å². The number of carboxylic acid groups (broad SMARTS) is 1. The molecule has 1 heterocycles. The number of carboxylic acids is 1. The van der Waals surface area contributed by atoms with E-state index in [1.54, 1.807) is 12.2 Å². The molecule has 0 aliphatic carbocycles. The number of hydrogen-bond acceptors (Lipinski definition) is 11. The predicted molar refractivity (Wildman–Crippen MR) is 303 cm³/mol. The summed E-state index contributed by atoms with van der Waals surface area (Å²) < 4.78 is 28.3. The quantitative estimate of drug-likeness (QED) is 0.0228. The Balaban J connectivity index is 2.75. The topological polar surface area (TPSA) is 175 Å². The van der Waals surface area contributed by atoms with Gasteiger partial charge in [-0.3, -0.25) is 14.4 Å². The first-order chi connectivity index (χ1) is 36.6. The van der Waals surface area contributed by atoms with Gasteiger partial charge in [0, 0.05) is 12.8 Å². The number of carbonyl (C=O) groups is 4. The van der Waals surface area contributed by atoms with Gasteiger partial charge in [-0.2, -0.15) is 0 Å². The zero-order valence-corrected chi connectivity index (χ0v) is 46.8. The van der Waals surface area contributed by atoms with Gasteiger partial charge >= 0.3 is 23.9 Å². The molecule has 0 radical (unpaired) electrons. The lowest BCUT2D eigenvalue weighted by Crippen LogP contribution is -2.61. The fourth-order valence-corrected chi connectivity index (χ4v) is 8.18. The lowest BCUT2D eigenvalue weighted by molar-refractivity contribution is -0.301. The van der Waals surface area contributed by atoms with Crippen LogP contribution in [0.15, 0.2) is 97.2 Å². The molecule has 0 aromatic carbocycles. The molecule has 0 spiro atoms. The van der Waals surface area contributed by atoms with E-state index in [9.17, 15) is 34.5 Å². The van der Waals surface area contributed by atoms with Crippen molar-refractivity contribution >= 4 is 23.9 Å². The highest BCUT2D eigenvalue weighted by atomic mass is 16.7. The number of rotatable bonds is 48. The largest absolute Gasteiger partial charge is 0.479 e. The van der Waals surface area contributed by atoms with Gasteiger partial charge in [-0.25, -0.2) is 4.79 Å². The predicted octanol–water partition coefficient (Wildman–Crippen LogP) is 14.9. The molecule has 75 heavy (non-hydrogen) atoms. The maximum absolute atomic E-state index is 13.1. The van der Waals surface area contributed by atoms with E-state index in [4.69, 9.17) is 23.7 Å². The number of esters is 3. The van der Waals surface area contributed by atoms with Crippen molar-refractivity contribution < 1.29 is 58.2 Å². The highest BCUT2D eigenvalue weighted by molar-refractivity contribution is 5.74. The van der Waals surface area contributed by atoms with E-state index in [0.717, 1.165) is 109 Å². The van der Waals surface area contributed by atoms with Crippen molar-refractivity contribution in [2.24, 2.45) is 0 Å². The summed E-state index contributed by atoms with van der Waals surface area (Å²) >= 11 is 0. The van der Waals surface area contributed by atoms with E-state index in [-0.39, 0.29) is 25.9 Å². The van der Waals surface area contributed by atoms with Crippen molar-refractivity contribution in [3.8, 4) is 0 Å². The van der Waals surface area contributed by atoms with Gasteiger partial charge in [0.15, 0.2) is 24.6 Å². The molecule has 1 rings (SSSR count). The number of aliphatic hydroxyl groups is 2. The van der Waals surface area contributed by atoms with Crippen LogP contribution in [0.4, 0.5) is 0 Å². The van der Waals surface area contributed by atoms with Crippen molar-refractivity contribution in [3.63, 3.8) is 0 Å². The van der Waals surface area contributed by atoms with E-state index in [1.807, 2.05) is 12.2 Å². The zero-order valence-electron chi connectivity index (χ0n) is 46.8. The molecule has 0 amide bonds. The fraction of sp³-hybridized carbons (Fsp3) is 0.683. The van der Waals surface area contributed by atoms with Crippen LogP contribution in [0.3, 0.4) is 0 Å². The molecular formula is C63H102O12. The third-order valence-electron chi connectivity index (χ3n) is 12.6. The van der Waals surface area contributed by atoms with Crippen LogP contribution in [0.25, 0.3) is 0 Å². The van der Waals surface area contributed by atoms with Crippen LogP contribution in [0.1, 0.15) is 226 Å². The van der Waals surface area contributed by atoms with Gasteiger partial charge in [0.1, 0.15) is 18.8 Å². The molecular weight excluding hydrogens is 949 g/mol. The van der Waals surface area contributed by atoms with Gasteiger partial charge in [-0.1, -0.05) is 208 Å². The Morgan fingerprint density at radius 2 is 0.907 bits per heavy atom. The van der Waals surface area contributed by atoms with E-state index in [1.165, 1.54) is 57.8 Å². The number of aliphatic hydroxyl groups excluding tert-OH is 2. The van der Waals surface area contributed by atoms with Crippen LogP contribution in [0.2, 0.25) is 0 Å². The van der Waals surface area contributed by atoms with Crippen molar-refractivity contribution in [3.05, 3.63) is 97.2 Å². The zero-order chi connectivity index (χ0) is 54.7. The average Bonchev–Trinajstić information content (AvgIpc) is 3.39. The van der Waals surface area contributed by atoms with E-state index < -0.39 is 67.3 Å². The number of carbonyl (C=O) groups excluding carboxylic acids is 3. The maximum atomic E-state index is 13.1. The smallest absolute Gasteiger partial charge is 0.335 e. The Hall–Kier alpha value is -4.36. The summed E-state index contributed by atoms with van der Waals surface area (Å²) in [5, 5.41) is 31.4. The number of hydrogen-bond donors (Lipinski definition) is 3. The summed E-state index contributed by atoms with van der Waals surface area (Å²) in [5.74, 6) is -3.31. The Labute approximate surface area is 453 Å². The van der Waals surface area contributed by atoms with Crippen LogP contribution in [0.5, 0.6) is 0 Å². The van der Waals surface area contributed by atoms with Crippen LogP contribution < -0.4 is 0 Å². The van der Waals surface area contributed by atoms with Gasteiger partial charge in [-0.05, 0) is 96.3 Å². The average molecular weight is 1050 g/mol. The normalized spacial score (nSPS) is 18.9. The van der Waals surface area contributed by atoms with Crippen LogP contribution in [0, 0.1) is 0 Å². The summed E-state index contributed by atoms with van der Waals surface area (Å²) in [6.45, 7) is 5.74. The van der Waals surface area contributed by atoms with Gasteiger partial charge in [0.05, 0.1) is 13.0 Å². The molecule has 6 atom stereocenters. The first-order valence-corrected chi connectivity index (χ1v) is 29.2. The third-order valence-corrected chi connectivity index (χ3v) is 12.6. The summed E-state index contributed by atoms with van der Waals surface area (Å²) in [7, 11) is 0. The van der Waals surface area contributed by atoms with E-state index in [0.29, 0.717) is 19.3 Å². The number of allylic oxidation sites excluding steroid dienone is 15. The molecule has 1 aliphatic rings. The molecule has 426 valence electrons. The molecule has 12 nitrogen and oxygen atoms in total. The fourth-order valence-electron chi connectivity index (χ4n) is 8.18. The summed E-state index contributed by atoms with van der Waals surface area (Å²) in [6.07, 6.45) is 54.1. The molecule has 0 bridgehead atoms. The van der Waals surface area contributed by atoms with Gasteiger partial charge < -0.3 is 39.0 Å². The number of ether oxygens (including phenoxy) is 5. The lowest BCUT2D eigenvalue weighted by atomic mass is 9.98. The number of unbranched alkanes of at least 4 members (excludes halogenated alkanes) is 19. The first kappa shape index (κ1) is 68.7. The molecule has 0 saturated carbocycles. The molecule has 0 aromatic heterocycles. The molecule has 1 saturated heterocycles. The van der Waals surface area contributed by atoms with Gasteiger partial charge in [0.2, 0.25) is 0 Å². The molecule has 1 fully saturated rings. The molecule has 12 heteroatoms. The number of aliphatic carboxylic acids is 1. The maximum Gasteiger partial charge on any atom is 0.335 e. The van der Waals surface area contributed by atoms with Gasteiger partial charge in [0.25, 0.3) is 0 Å². The Morgan fingerprint density at radius 1 is 0.467 bits per heavy atom. The van der Waals surface area contributed by atoms with Crippen molar-refractivity contribution in [1.82, 2.24) is 0 Å². The third kappa shape index (κ3) is 40.6.